The first-order chi connectivity index (χ1) is 9.20. The van der Waals surface area contributed by atoms with Crippen LogP contribution in [0.15, 0.2) is 24.3 Å². The Labute approximate surface area is 138 Å². The van der Waals surface area contributed by atoms with Gasteiger partial charge in [0.25, 0.3) is 0 Å². The van der Waals surface area contributed by atoms with Gasteiger partial charge in [-0.05, 0) is 31.2 Å². The quantitative estimate of drug-likeness (QED) is 0.880. The van der Waals surface area contributed by atoms with Gasteiger partial charge in [-0.2, -0.15) is 0 Å². The summed E-state index contributed by atoms with van der Waals surface area (Å²) in [6.45, 7) is 5.67. The second-order valence-electron chi connectivity index (χ2n) is 4.68. The van der Waals surface area contributed by atoms with Crippen LogP contribution in [-0.4, -0.2) is 50.1 Å². The Hall–Kier alpha value is -1.01. The van der Waals surface area contributed by atoms with Crippen molar-refractivity contribution in [1.29, 1.82) is 0 Å². The number of nitrogens with one attached hydrogen (secondary N) is 2. The van der Waals surface area contributed by atoms with Crippen molar-refractivity contribution in [3.8, 4) is 5.75 Å². The third-order valence-electron chi connectivity index (χ3n) is 3.44. The third kappa shape index (κ3) is 5.71. The maximum absolute atomic E-state index is 12.2. The molecule has 21 heavy (non-hydrogen) atoms. The highest BCUT2D eigenvalue weighted by Crippen LogP contribution is 2.15. The molecule has 1 heterocycles. The van der Waals surface area contributed by atoms with Gasteiger partial charge in [-0.25, -0.2) is 0 Å². The summed E-state index contributed by atoms with van der Waals surface area (Å²) in [5.41, 5.74) is 0.799. The van der Waals surface area contributed by atoms with Crippen molar-refractivity contribution >= 4 is 36.4 Å². The zero-order valence-corrected chi connectivity index (χ0v) is 13.9. The second-order valence-corrected chi connectivity index (χ2v) is 4.68. The molecule has 0 radical (unpaired) electrons. The molecule has 1 amide bonds. The van der Waals surface area contributed by atoms with Crippen LogP contribution in [0.4, 0.5) is 5.69 Å². The summed E-state index contributed by atoms with van der Waals surface area (Å²) in [7, 11) is 1.63. The van der Waals surface area contributed by atoms with E-state index in [1.807, 2.05) is 31.2 Å². The monoisotopic (exact) mass is 335 g/mol. The first kappa shape index (κ1) is 20.0. The zero-order chi connectivity index (χ0) is 13.7. The van der Waals surface area contributed by atoms with E-state index in [4.69, 9.17) is 4.74 Å². The molecule has 1 aliphatic rings. The second kappa shape index (κ2) is 9.84. The van der Waals surface area contributed by atoms with E-state index in [2.05, 4.69) is 15.5 Å². The lowest BCUT2D eigenvalue weighted by Crippen LogP contribution is -2.51. The van der Waals surface area contributed by atoms with Gasteiger partial charge in [0.2, 0.25) is 5.91 Å². The van der Waals surface area contributed by atoms with E-state index >= 15 is 0 Å². The van der Waals surface area contributed by atoms with Crippen molar-refractivity contribution in [2.45, 2.75) is 13.0 Å². The molecule has 1 aromatic carbocycles. The molecular weight excluding hydrogens is 313 g/mol. The Morgan fingerprint density at radius 1 is 1.24 bits per heavy atom. The lowest BCUT2D eigenvalue weighted by Gasteiger charge is -2.31. The minimum Gasteiger partial charge on any atom is -0.497 e. The van der Waals surface area contributed by atoms with Crippen LogP contribution in [0, 0.1) is 0 Å². The van der Waals surface area contributed by atoms with Crippen molar-refractivity contribution in [1.82, 2.24) is 10.2 Å². The number of hydrogen-bond acceptors (Lipinski definition) is 4. The third-order valence-corrected chi connectivity index (χ3v) is 3.44. The summed E-state index contributed by atoms with van der Waals surface area (Å²) in [6.07, 6.45) is 0. The smallest absolute Gasteiger partial charge is 0.241 e. The summed E-state index contributed by atoms with van der Waals surface area (Å²) in [4.78, 5) is 14.4. The van der Waals surface area contributed by atoms with Crippen LogP contribution in [0.1, 0.15) is 6.92 Å². The number of rotatable bonds is 4. The number of ether oxygens (including phenoxy) is 1. The molecule has 2 N–H and O–H groups in total. The number of piperazine rings is 1. The number of halogens is 2. The van der Waals surface area contributed by atoms with Gasteiger partial charge in [0, 0.05) is 31.9 Å². The molecule has 1 unspecified atom stereocenters. The first-order valence-electron chi connectivity index (χ1n) is 6.60. The van der Waals surface area contributed by atoms with Crippen LogP contribution in [-0.2, 0) is 4.79 Å². The van der Waals surface area contributed by atoms with Crippen molar-refractivity contribution in [3.63, 3.8) is 0 Å². The summed E-state index contributed by atoms with van der Waals surface area (Å²) < 4.78 is 5.09. The van der Waals surface area contributed by atoms with E-state index in [0.717, 1.165) is 37.6 Å². The Bertz CT molecular complexity index is 423. The molecule has 120 valence electrons. The molecule has 0 bridgehead atoms. The number of carbonyl (C=O) groups excluding carboxylic acids is 1. The van der Waals surface area contributed by atoms with Crippen LogP contribution in [0.5, 0.6) is 5.75 Å². The fourth-order valence-electron chi connectivity index (χ4n) is 2.16. The summed E-state index contributed by atoms with van der Waals surface area (Å²) in [5.74, 6) is 0.820. The van der Waals surface area contributed by atoms with E-state index < -0.39 is 0 Å². The number of anilines is 1. The van der Waals surface area contributed by atoms with Crippen molar-refractivity contribution in [2.75, 3.05) is 38.6 Å². The van der Waals surface area contributed by atoms with Gasteiger partial charge < -0.3 is 15.4 Å². The molecule has 7 heteroatoms. The zero-order valence-electron chi connectivity index (χ0n) is 12.3. The highest BCUT2D eigenvalue weighted by Gasteiger charge is 2.22. The molecule has 0 aromatic heterocycles. The number of methoxy groups -OCH3 is 1. The SMILES string of the molecule is COc1ccc(NC(=O)C(C)N2CCNCC2)cc1.Cl.Cl. The molecule has 1 atom stereocenters. The first-order valence-corrected chi connectivity index (χ1v) is 6.60. The lowest BCUT2D eigenvalue weighted by molar-refractivity contribution is -0.120. The Morgan fingerprint density at radius 3 is 2.33 bits per heavy atom. The topological polar surface area (TPSA) is 53.6 Å². The van der Waals surface area contributed by atoms with Crippen LogP contribution in [0.3, 0.4) is 0 Å². The highest BCUT2D eigenvalue weighted by atomic mass is 35.5. The van der Waals surface area contributed by atoms with Gasteiger partial charge in [0.1, 0.15) is 5.75 Å². The van der Waals surface area contributed by atoms with Crippen LogP contribution < -0.4 is 15.4 Å². The van der Waals surface area contributed by atoms with E-state index in [-0.39, 0.29) is 36.8 Å². The predicted molar refractivity (Wildman–Crippen MR) is 90.0 cm³/mol. The maximum Gasteiger partial charge on any atom is 0.241 e. The van der Waals surface area contributed by atoms with Gasteiger partial charge in [-0.1, -0.05) is 0 Å². The van der Waals surface area contributed by atoms with Gasteiger partial charge in [0.05, 0.1) is 13.2 Å². The fraction of sp³-hybridized carbons (Fsp3) is 0.500. The standard InChI is InChI=1S/C14H21N3O2.2ClH/c1-11(17-9-7-15-8-10-17)14(18)16-12-3-5-13(19-2)6-4-12;;/h3-6,11,15H,7-10H2,1-2H3,(H,16,18);2*1H. The van der Waals surface area contributed by atoms with Crippen LogP contribution >= 0.6 is 24.8 Å². The minimum absolute atomic E-state index is 0. The highest BCUT2D eigenvalue weighted by molar-refractivity contribution is 5.94. The van der Waals surface area contributed by atoms with E-state index in [1.165, 1.54) is 0 Å². The van der Waals surface area contributed by atoms with Crippen molar-refractivity contribution in [3.05, 3.63) is 24.3 Å². The van der Waals surface area contributed by atoms with E-state index in [0.29, 0.717) is 0 Å². The van der Waals surface area contributed by atoms with Gasteiger partial charge in [0.15, 0.2) is 0 Å². The molecule has 0 aliphatic carbocycles. The summed E-state index contributed by atoms with van der Waals surface area (Å²) in [6, 6.07) is 7.27. The molecule has 0 saturated carbocycles. The number of amides is 1. The fourth-order valence-corrected chi connectivity index (χ4v) is 2.16. The summed E-state index contributed by atoms with van der Waals surface area (Å²) >= 11 is 0. The average molecular weight is 336 g/mol. The normalized spacial score (nSPS) is 16.1. The number of benzene rings is 1. The van der Waals surface area contributed by atoms with Crippen LogP contribution in [0.25, 0.3) is 0 Å². The van der Waals surface area contributed by atoms with Gasteiger partial charge >= 0.3 is 0 Å². The molecule has 0 spiro atoms. The van der Waals surface area contributed by atoms with Crippen molar-refractivity contribution in [2.24, 2.45) is 0 Å². The van der Waals surface area contributed by atoms with Gasteiger partial charge in [-0.15, -0.1) is 24.8 Å². The molecule has 2 rings (SSSR count). The maximum atomic E-state index is 12.2. The average Bonchev–Trinajstić information content (AvgIpc) is 2.48. The van der Waals surface area contributed by atoms with Crippen LogP contribution in [0.2, 0.25) is 0 Å². The van der Waals surface area contributed by atoms with E-state index in [1.54, 1.807) is 7.11 Å². The largest absolute Gasteiger partial charge is 0.497 e. The Morgan fingerprint density at radius 2 is 1.81 bits per heavy atom. The Balaban J connectivity index is 0.00000200. The Kier molecular flexibility index (Phi) is 9.37. The van der Waals surface area contributed by atoms with E-state index in [9.17, 15) is 4.79 Å². The molecule has 1 saturated heterocycles. The summed E-state index contributed by atoms with van der Waals surface area (Å²) in [5, 5.41) is 6.22. The molecule has 1 fully saturated rings. The molecule has 1 aliphatic heterocycles. The van der Waals surface area contributed by atoms with Crippen molar-refractivity contribution < 1.29 is 9.53 Å². The number of carbonyl (C=O) groups is 1. The predicted octanol–water partition coefficient (Wildman–Crippen LogP) is 1.77. The molecule has 5 nitrogen and oxygen atoms in total. The minimum atomic E-state index is -0.107. The van der Waals surface area contributed by atoms with Gasteiger partial charge in [-0.3, -0.25) is 9.69 Å². The number of hydrogen-bond donors (Lipinski definition) is 2. The molecule has 1 aromatic rings. The number of nitrogens with zero attached hydrogens (tertiary/aromatic N) is 1. The molecular formula is C14H23Cl2N3O2. The lowest BCUT2D eigenvalue weighted by atomic mass is 10.2.